The van der Waals surface area contributed by atoms with Crippen molar-refractivity contribution in [1.82, 2.24) is 4.98 Å². The highest BCUT2D eigenvalue weighted by molar-refractivity contribution is 6.72. The molecule has 1 N–H and O–H groups in total. The van der Waals surface area contributed by atoms with Gasteiger partial charge in [0, 0.05) is 28.5 Å². The summed E-state index contributed by atoms with van der Waals surface area (Å²) in [7, 11) is -2.24. The molecule has 0 saturated heterocycles. The molecule has 0 spiro atoms. The second-order valence-corrected chi connectivity index (χ2v) is 16.8. The monoisotopic (exact) mass is 535 g/mol. The van der Waals surface area contributed by atoms with Crippen LogP contribution in [0, 0.1) is 0 Å². The van der Waals surface area contributed by atoms with Crippen LogP contribution in [0.25, 0.3) is 11.1 Å². The molecule has 2 fully saturated rings. The summed E-state index contributed by atoms with van der Waals surface area (Å²) in [6.45, 7) is 8.84. The summed E-state index contributed by atoms with van der Waals surface area (Å²) >= 11 is 6.61. The molecule has 4 nitrogen and oxygen atoms in total. The van der Waals surface area contributed by atoms with Gasteiger partial charge >= 0.3 is 0 Å². The molecule has 2 aliphatic rings. The lowest BCUT2D eigenvalue weighted by Gasteiger charge is -2.35. The SMILES string of the molecule is CC(C)(CCc1ccc(Cl)c(COC2(c3cnccc3-c3ccccc3OC3CC3)CC2)c1)[Si](C)(C)O. The van der Waals surface area contributed by atoms with E-state index in [0.717, 1.165) is 71.6 Å². The third kappa shape index (κ3) is 5.96. The average Bonchev–Trinajstić information content (AvgIpc) is 3.80. The van der Waals surface area contributed by atoms with Crippen LogP contribution in [-0.4, -0.2) is 24.2 Å². The number of benzene rings is 2. The van der Waals surface area contributed by atoms with Gasteiger partial charge in [-0.1, -0.05) is 55.8 Å². The second kappa shape index (κ2) is 10.2. The van der Waals surface area contributed by atoms with Gasteiger partial charge in [-0.3, -0.25) is 4.98 Å². The molecule has 0 amide bonds. The average molecular weight is 536 g/mol. The number of nitrogens with zero attached hydrogens (tertiary/aromatic N) is 1. The van der Waals surface area contributed by atoms with Gasteiger partial charge in [0.05, 0.1) is 18.3 Å². The lowest BCUT2D eigenvalue weighted by atomic mass is 9.96. The molecule has 6 heteroatoms. The number of hydrogen-bond donors (Lipinski definition) is 1. The Kier molecular flexibility index (Phi) is 7.27. The first-order valence-electron chi connectivity index (χ1n) is 13.4. The van der Waals surface area contributed by atoms with Crippen LogP contribution < -0.4 is 4.74 Å². The van der Waals surface area contributed by atoms with E-state index < -0.39 is 8.32 Å². The van der Waals surface area contributed by atoms with Gasteiger partial charge in [-0.15, -0.1) is 0 Å². The minimum absolute atomic E-state index is 0.0579. The van der Waals surface area contributed by atoms with Gasteiger partial charge < -0.3 is 14.3 Å². The first-order valence-corrected chi connectivity index (χ1v) is 16.7. The molecule has 196 valence electrons. The summed E-state index contributed by atoms with van der Waals surface area (Å²) in [5, 5.41) is 0.669. The fourth-order valence-electron chi connectivity index (χ4n) is 4.63. The third-order valence-electron chi connectivity index (χ3n) is 8.32. The highest BCUT2D eigenvalue weighted by Gasteiger charge is 2.48. The van der Waals surface area contributed by atoms with Gasteiger partial charge in [0.25, 0.3) is 0 Å². The van der Waals surface area contributed by atoms with Crippen LogP contribution in [-0.2, 0) is 23.4 Å². The Morgan fingerprint density at radius 3 is 2.54 bits per heavy atom. The molecule has 1 aromatic heterocycles. The number of halogens is 1. The van der Waals surface area contributed by atoms with Crippen molar-refractivity contribution in [3.05, 3.63) is 82.6 Å². The fourth-order valence-corrected chi connectivity index (χ4v) is 5.54. The normalized spacial score (nSPS) is 17.0. The number of pyridine rings is 1. The summed E-state index contributed by atoms with van der Waals surface area (Å²) in [5.41, 5.74) is 5.22. The zero-order valence-corrected chi connectivity index (χ0v) is 24.1. The van der Waals surface area contributed by atoms with Gasteiger partial charge in [0.15, 0.2) is 8.32 Å². The molecule has 2 saturated carbocycles. The number of rotatable bonds is 11. The van der Waals surface area contributed by atoms with Crippen LogP contribution in [0.1, 0.15) is 62.6 Å². The van der Waals surface area contributed by atoms with E-state index in [1.54, 1.807) is 0 Å². The van der Waals surface area contributed by atoms with Crippen molar-refractivity contribution >= 4 is 19.9 Å². The summed E-state index contributed by atoms with van der Waals surface area (Å²) in [5.74, 6) is 0.932. The standard InChI is InChI=1S/C31H38ClNO3Si/c1-30(2,37(3,4)34)15-13-22-9-12-28(32)23(19-22)21-35-31(16-17-31)27-20-33-18-14-25(27)26-7-5-6-8-29(26)36-24-10-11-24/h5-9,12,14,18-20,24,34H,10-11,13,15-17,21H2,1-4H3. The van der Waals surface area contributed by atoms with Gasteiger partial charge in [0.2, 0.25) is 0 Å². The van der Waals surface area contributed by atoms with Crippen molar-refractivity contribution in [1.29, 1.82) is 0 Å². The zero-order chi connectivity index (χ0) is 26.3. The first kappa shape index (κ1) is 26.4. The number of para-hydroxylation sites is 1. The Labute approximate surface area is 227 Å². The Morgan fingerprint density at radius 1 is 1.08 bits per heavy atom. The maximum absolute atomic E-state index is 10.7. The lowest BCUT2D eigenvalue weighted by Crippen LogP contribution is -2.39. The zero-order valence-electron chi connectivity index (χ0n) is 22.4. The molecule has 0 atom stereocenters. The molecule has 37 heavy (non-hydrogen) atoms. The molecule has 0 aliphatic heterocycles. The Morgan fingerprint density at radius 2 is 1.84 bits per heavy atom. The van der Waals surface area contributed by atoms with Gasteiger partial charge in [-0.2, -0.15) is 0 Å². The molecule has 2 aliphatic carbocycles. The van der Waals surface area contributed by atoms with Gasteiger partial charge in [-0.05, 0) is 91.5 Å². The molecule has 5 rings (SSSR count). The van der Waals surface area contributed by atoms with E-state index in [0.29, 0.717) is 12.7 Å². The van der Waals surface area contributed by atoms with E-state index in [1.165, 1.54) is 5.56 Å². The molecule has 0 bridgehead atoms. The van der Waals surface area contributed by atoms with Gasteiger partial charge in [0.1, 0.15) is 5.75 Å². The van der Waals surface area contributed by atoms with Crippen molar-refractivity contribution in [2.45, 2.75) is 88.8 Å². The minimum atomic E-state index is -2.24. The van der Waals surface area contributed by atoms with Crippen molar-refractivity contribution in [3.63, 3.8) is 0 Å². The van der Waals surface area contributed by atoms with E-state index >= 15 is 0 Å². The predicted octanol–water partition coefficient (Wildman–Crippen LogP) is 8.06. The Hall–Kier alpha value is -2.18. The van der Waals surface area contributed by atoms with Crippen LogP contribution in [0.4, 0.5) is 0 Å². The molecule has 1 heterocycles. The third-order valence-corrected chi connectivity index (χ3v) is 12.3. The largest absolute Gasteiger partial charge is 0.490 e. The highest BCUT2D eigenvalue weighted by Crippen LogP contribution is 2.53. The first-order chi connectivity index (χ1) is 17.6. The van der Waals surface area contributed by atoms with E-state index in [9.17, 15) is 4.80 Å². The van der Waals surface area contributed by atoms with E-state index in [1.807, 2.05) is 37.6 Å². The summed E-state index contributed by atoms with van der Waals surface area (Å²) in [4.78, 5) is 15.1. The van der Waals surface area contributed by atoms with Crippen LogP contribution in [0.5, 0.6) is 5.75 Å². The quantitative estimate of drug-likeness (QED) is 0.252. The van der Waals surface area contributed by atoms with E-state index in [-0.39, 0.29) is 10.6 Å². The van der Waals surface area contributed by atoms with E-state index in [4.69, 9.17) is 21.1 Å². The lowest BCUT2D eigenvalue weighted by molar-refractivity contribution is 0.0173. The van der Waals surface area contributed by atoms with Crippen molar-refractivity contribution in [2.75, 3.05) is 0 Å². The number of aryl methyl sites for hydroxylation is 1. The van der Waals surface area contributed by atoms with Gasteiger partial charge in [-0.25, -0.2) is 0 Å². The molecular formula is C31H38ClNO3Si. The highest BCUT2D eigenvalue weighted by atomic mass is 35.5. The number of aromatic nitrogens is 1. The molecule has 0 radical (unpaired) electrons. The Bertz CT molecular complexity index is 1260. The second-order valence-electron chi connectivity index (χ2n) is 11.9. The van der Waals surface area contributed by atoms with Crippen LogP contribution in [0.15, 0.2) is 60.9 Å². The maximum atomic E-state index is 10.7. The van der Waals surface area contributed by atoms with Crippen molar-refractivity contribution in [2.24, 2.45) is 0 Å². The van der Waals surface area contributed by atoms with Crippen LogP contribution >= 0.6 is 11.6 Å². The molecule has 3 aromatic rings. The Balaban J connectivity index is 1.34. The maximum Gasteiger partial charge on any atom is 0.188 e. The predicted molar refractivity (Wildman–Crippen MR) is 153 cm³/mol. The minimum Gasteiger partial charge on any atom is -0.490 e. The van der Waals surface area contributed by atoms with Crippen LogP contribution in [0.3, 0.4) is 0 Å². The summed E-state index contributed by atoms with van der Waals surface area (Å²) in [6, 6.07) is 16.6. The summed E-state index contributed by atoms with van der Waals surface area (Å²) < 4.78 is 12.9. The van der Waals surface area contributed by atoms with Crippen molar-refractivity contribution in [3.8, 4) is 16.9 Å². The number of ether oxygens (including phenoxy) is 2. The number of hydrogen-bond acceptors (Lipinski definition) is 4. The summed E-state index contributed by atoms with van der Waals surface area (Å²) in [6.07, 6.45) is 10.2. The smallest absolute Gasteiger partial charge is 0.188 e. The fraction of sp³-hybridized carbons (Fsp3) is 0.452. The topological polar surface area (TPSA) is 51.6 Å². The molecule has 0 unspecified atom stereocenters. The molecular weight excluding hydrogens is 498 g/mol. The van der Waals surface area contributed by atoms with E-state index in [2.05, 4.69) is 55.2 Å². The van der Waals surface area contributed by atoms with Crippen molar-refractivity contribution < 1.29 is 14.3 Å². The molecule has 2 aromatic carbocycles. The van der Waals surface area contributed by atoms with Crippen LogP contribution in [0.2, 0.25) is 23.2 Å².